The van der Waals surface area contributed by atoms with Gasteiger partial charge in [0.2, 0.25) is 0 Å². The Balaban J connectivity index is 1.93. The van der Waals surface area contributed by atoms with Gasteiger partial charge in [-0.25, -0.2) is 4.98 Å². The van der Waals surface area contributed by atoms with Gasteiger partial charge in [-0.05, 0) is 37.3 Å². The first-order chi connectivity index (χ1) is 12.0. The van der Waals surface area contributed by atoms with Crippen LogP contribution in [0.4, 0.5) is 0 Å². The van der Waals surface area contributed by atoms with E-state index in [4.69, 9.17) is 5.41 Å². The number of hydrogen-bond donors (Lipinski definition) is 3. The molecule has 0 radical (unpaired) electrons. The number of nitrogens with one attached hydrogen (secondary N) is 2. The minimum absolute atomic E-state index is 0.0299. The van der Waals surface area contributed by atoms with Crippen LogP contribution in [-0.2, 0) is 4.79 Å². The lowest BCUT2D eigenvalue weighted by Crippen LogP contribution is -2.34. The molecule has 25 heavy (non-hydrogen) atoms. The van der Waals surface area contributed by atoms with Crippen LogP contribution in [0.5, 0.6) is 0 Å². The number of H-pyrrole nitrogens is 1. The topological polar surface area (TPSA) is 106 Å². The van der Waals surface area contributed by atoms with Crippen LogP contribution in [0.15, 0.2) is 54.7 Å². The van der Waals surface area contributed by atoms with Crippen LogP contribution < -0.4 is 0 Å². The Bertz CT molecular complexity index is 990. The molecule has 0 aliphatic heterocycles. The molecule has 0 aromatic carbocycles. The van der Waals surface area contributed by atoms with Gasteiger partial charge in [0.05, 0.1) is 5.69 Å². The third kappa shape index (κ3) is 3.12. The molecule has 0 aliphatic rings. The van der Waals surface area contributed by atoms with E-state index in [1.54, 1.807) is 31.5 Å². The van der Waals surface area contributed by atoms with Crippen molar-refractivity contribution in [3.63, 3.8) is 0 Å². The average Bonchev–Trinajstić information content (AvgIpc) is 3.13. The number of carbonyl (C=O) groups excluding carboxylic acids is 1. The van der Waals surface area contributed by atoms with Gasteiger partial charge in [-0.2, -0.15) is 0 Å². The monoisotopic (exact) mass is 335 g/mol. The molecule has 0 unspecified atom stereocenters. The van der Waals surface area contributed by atoms with Gasteiger partial charge in [0.1, 0.15) is 11.5 Å². The summed E-state index contributed by atoms with van der Waals surface area (Å²) < 4.78 is 0. The molecular weight excluding hydrogens is 318 g/mol. The zero-order valence-electron chi connectivity index (χ0n) is 13.8. The maximum absolute atomic E-state index is 12.0. The Kier molecular flexibility index (Phi) is 4.30. The van der Waals surface area contributed by atoms with E-state index < -0.39 is 11.7 Å². The van der Waals surface area contributed by atoms with Gasteiger partial charge in [-0.15, -0.1) is 0 Å². The number of likely N-dealkylation sites (N-methyl/N-ethyl adjacent to an activating group) is 1. The van der Waals surface area contributed by atoms with E-state index >= 15 is 0 Å². The molecule has 126 valence electrons. The van der Waals surface area contributed by atoms with Crippen LogP contribution in [0, 0.1) is 5.41 Å². The lowest BCUT2D eigenvalue weighted by molar-refractivity contribution is -0.125. The maximum atomic E-state index is 12.0. The number of amidine groups is 1. The molecule has 3 rings (SSSR count). The summed E-state index contributed by atoms with van der Waals surface area (Å²) in [5, 5.41) is 18.7. The number of hydrogen-bond acceptors (Lipinski definition) is 5. The number of allylic oxidation sites excluding steroid dienone is 1. The Hall–Kier alpha value is -3.48. The Labute approximate surface area is 144 Å². The number of carbonyl (C=O) groups is 1. The standard InChI is InChI=1S/C18H17N5O2/c1-3-15(24)18(25)23(2)16(19)11-4-6-20-14(9-11)13-8-12-5-7-21-17(12)22-10-13/h3-10,19,24H,1-2H3,(H,21,22)/b15-3+,19-16?. The zero-order chi connectivity index (χ0) is 18.0. The molecule has 1 amide bonds. The summed E-state index contributed by atoms with van der Waals surface area (Å²) >= 11 is 0. The molecule has 3 aromatic heterocycles. The number of amides is 1. The first kappa shape index (κ1) is 16.4. The van der Waals surface area contributed by atoms with Crippen molar-refractivity contribution in [2.24, 2.45) is 0 Å². The molecule has 0 fully saturated rings. The summed E-state index contributed by atoms with van der Waals surface area (Å²) in [6, 6.07) is 7.23. The molecule has 0 spiro atoms. The van der Waals surface area contributed by atoms with Crippen molar-refractivity contribution in [3.8, 4) is 11.3 Å². The second kappa shape index (κ2) is 6.56. The van der Waals surface area contributed by atoms with Crippen molar-refractivity contribution in [1.82, 2.24) is 19.9 Å². The number of rotatable bonds is 3. The second-order valence-corrected chi connectivity index (χ2v) is 5.46. The van der Waals surface area contributed by atoms with Gasteiger partial charge < -0.3 is 10.1 Å². The number of aliphatic hydroxyl groups is 1. The number of aromatic nitrogens is 3. The van der Waals surface area contributed by atoms with E-state index in [1.165, 1.54) is 13.1 Å². The minimum atomic E-state index is -0.638. The van der Waals surface area contributed by atoms with Crippen molar-refractivity contribution >= 4 is 22.8 Å². The minimum Gasteiger partial charge on any atom is -0.503 e. The summed E-state index contributed by atoms with van der Waals surface area (Å²) in [5.74, 6) is -1.07. The predicted molar refractivity (Wildman–Crippen MR) is 95.3 cm³/mol. The molecule has 7 heteroatoms. The van der Waals surface area contributed by atoms with Gasteiger partial charge in [0, 0.05) is 42.2 Å². The van der Waals surface area contributed by atoms with Gasteiger partial charge in [-0.1, -0.05) is 0 Å². The summed E-state index contributed by atoms with van der Waals surface area (Å²) in [6.45, 7) is 1.55. The van der Waals surface area contributed by atoms with E-state index in [9.17, 15) is 9.90 Å². The van der Waals surface area contributed by atoms with Crippen LogP contribution in [0.2, 0.25) is 0 Å². The van der Waals surface area contributed by atoms with Crippen molar-refractivity contribution < 1.29 is 9.90 Å². The highest BCUT2D eigenvalue weighted by Gasteiger charge is 2.19. The molecule has 0 atom stereocenters. The fraction of sp³-hybridized carbons (Fsp3) is 0.111. The van der Waals surface area contributed by atoms with Crippen LogP contribution in [0.1, 0.15) is 12.5 Å². The van der Waals surface area contributed by atoms with E-state index in [0.29, 0.717) is 11.3 Å². The van der Waals surface area contributed by atoms with Crippen molar-refractivity contribution in [2.75, 3.05) is 7.05 Å². The molecule has 3 aromatic rings. The smallest absolute Gasteiger partial charge is 0.293 e. The van der Waals surface area contributed by atoms with Crippen LogP contribution in [-0.4, -0.2) is 43.7 Å². The highest BCUT2D eigenvalue weighted by atomic mass is 16.3. The van der Waals surface area contributed by atoms with Crippen molar-refractivity contribution in [3.05, 3.63) is 60.3 Å². The first-order valence-corrected chi connectivity index (χ1v) is 7.63. The molecule has 3 heterocycles. The number of fused-ring (bicyclic) bond motifs is 1. The third-order valence-corrected chi connectivity index (χ3v) is 3.86. The van der Waals surface area contributed by atoms with E-state index in [0.717, 1.165) is 21.5 Å². The van der Waals surface area contributed by atoms with E-state index in [-0.39, 0.29) is 5.84 Å². The molecule has 0 saturated heterocycles. The number of nitrogens with zero attached hydrogens (tertiary/aromatic N) is 3. The summed E-state index contributed by atoms with van der Waals surface area (Å²) in [7, 11) is 1.44. The highest BCUT2D eigenvalue weighted by molar-refractivity contribution is 6.10. The van der Waals surface area contributed by atoms with Crippen molar-refractivity contribution in [1.29, 1.82) is 5.41 Å². The van der Waals surface area contributed by atoms with Gasteiger partial charge in [-0.3, -0.25) is 20.1 Å². The molecular formula is C18H17N5O2. The van der Waals surface area contributed by atoms with Gasteiger partial charge in [0.25, 0.3) is 5.91 Å². The SMILES string of the molecule is C/C=C(/O)C(=O)N(C)C(=N)c1ccnc(-c2cnc3[nH]ccc3c2)c1. The highest BCUT2D eigenvalue weighted by Crippen LogP contribution is 2.21. The van der Waals surface area contributed by atoms with Crippen LogP contribution in [0.3, 0.4) is 0 Å². The fourth-order valence-electron chi connectivity index (χ4n) is 2.41. The lowest BCUT2D eigenvalue weighted by Gasteiger charge is -2.18. The zero-order valence-corrected chi connectivity index (χ0v) is 13.8. The largest absolute Gasteiger partial charge is 0.503 e. The molecule has 0 saturated carbocycles. The molecule has 3 N–H and O–H groups in total. The Morgan fingerprint density at radius 3 is 2.88 bits per heavy atom. The molecule has 0 bridgehead atoms. The van der Waals surface area contributed by atoms with Gasteiger partial charge in [0.15, 0.2) is 5.76 Å². The lowest BCUT2D eigenvalue weighted by atomic mass is 10.1. The first-order valence-electron chi connectivity index (χ1n) is 7.63. The van der Waals surface area contributed by atoms with Crippen molar-refractivity contribution in [2.45, 2.75) is 6.92 Å². The Morgan fingerprint density at radius 1 is 1.32 bits per heavy atom. The number of aliphatic hydroxyl groups excluding tert-OH is 1. The van der Waals surface area contributed by atoms with Crippen LogP contribution >= 0.6 is 0 Å². The summed E-state index contributed by atoms with van der Waals surface area (Å²) in [6.07, 6.45) is 6.39. The number of aromatic amines is 1. The summed E-state index contributed by atoms with van der Waals surface area (Å²) in [5.41, 5.74) is 2.76. The van der Waals surface area contributed by atoms with Gasteiger partial charge >= 0.3 is 0 Å². The maximum Gasteiger partial charge on any atom is 0.293 e. The second-order valence-electron chi connectivity index (χ2n) is 5.46. The predicted octanol–water partition coefficient (Wildman–Crippen LogP) is 2.87. The third-order valence-electron chi connectivity index (χ3n) is 3.86. The molecule has 0 aliphatic carbocycles. The number of pyridine rings is 2. The fourth-order valence-corrected chi connectivity index (χ4v) is 2.41. The molecule has 7 nitrogen and oxygen atoms in total. The Morgan fingerprint density at radius 2 is 2.12 bits per heavy atom. The summed E-state index contributed by atoms with van der Waals surface area (Å²) in [4.78, 5) is 24.8. The van der Waals surface area contributed by atoms with Crippen LogP contribution in [0.25, 0.3) is 22.3 Å². The quantitative estimate of drug-likeness (QED) is 0.296. The normalized spacial score (nSPS) is 11.5. The van der Waals surface area contributed by atoms with E-state index in [2.05, 4.69) is 15.0 Å². The van der Waals surface area contributed by atoms with E-state index in [1.807, 2.05) is 18.3 Å². The average molecular weight is 335 g/mol.